The number of rotatable bonds is 7. The number of benzene rings is 1. The van der Waals surface area contributed by atoms with Crippen LogP contribution in [0.4, 0.5) is 0 Å². The molecule has 1 fully saturated rings. The van der Waals surface area contributed by atoms with Gasteiger partial charge in [-0.1, -0.05) is 43.0 Å². The van der Waals surface area contributed by atoms with Crippen LogP contribution in [0.1, 0.15) is 69.4 Å². The summed E-state index contributed by atoms with van der Waals surface area (Å²) < 4.78 is 7.41. The maximum absolute atomic E-state index is 12.4. The van der Waals surface area contributed by atoms with E-state index in [0.29, 0.717) is 24.7 Å². The molecule has 1 aromatic carbocycles. The maximum atomic E-state index is 12.4. The van der Waals surface area contributed by atoms with Crippen LogP contribution in [0.3, 0.4) is 0 Å². The number of hydrogen-bond donors (Lipinski definition) is 2. The third kappa shape index (κ3) is 4.81. The highest BCUT2D eigenvalue weighted by Gasteiger charge is 2.38. The van der Waals surface area contributed by atoms with Crippen LogP contribution in [-0.2, 0) is 35.1 Å². The van der Waals surface area contributed by atoms with Crippen LogP contribution in [0, 0.1) is 0 Å². The number of nitrogens with zero attached hydrogens (tertiary/aromatic N) is 4. The average molecular weight is 439 g/mol. The first-order chi connectivity index (χ1) is 15.5. The summed E-state index contributed by atoms with van der Waals surface area (Å²) in [5, 5.41) is 10.2. The van der Waals surface area contributed by atoms with E-state index in [9.17, 15) is 9.59 Å². The normalized spacial score (nSPS) is 15.9. The first-order valence-electron chi connectivity index (χ1n) is 11.3. The molecule has 0 bridgehead atoms. The van der Waals surface area contributed by atoms with Crippen molar-refractivity contribution in [3.63, 3.8) is 0 Å². The molecule has 9 heteroatoms. The Morgan fingerprint density at radius 3 is 2.59 bits per heavy atom. The minimum Gasteiger partial charge on any atom is -0.349 e. The fourth-order valence-electron chi connectivity index (χ4n) is 4.46. The lowest BCUT2D eigenvalue weighted by atomic mass is 9.89. The number of carbonyl (C=O) groups excluding carboxylic acids is 2. The molecule has 1 aliphatic carbocycles. The molecule has 2 N–H and O–H groups in total. The van der Waals surface area contributed by atoms with Gasteiger partial charge in [0.1, 0.15) is 11.4 Å². The molecule has 0 saturated heterocycles. The Morgan fingerprint density at radius 1 is 1.12 bits per heavy atom. The molecule has 1 aliphatic rings. The lowest BCUT2D eigenvalue weighted by Gasteiger charge is -2.30. The zero-order valence-electron chi connectivity index (χ0n) is 18.7. The van der Waals surface area contributed by atoms with Gasteiger partial charge < -0.3 is 19.7 Å². The standard InChI is InChI=1S/C23H30N6O3/c1-16(30)27-23(13-7-3-4-8-14-23)22-26-21(32-28-22)12-11-20(31)24-15-19-25-17-9-5-6-10-18(17)29(19)2/h5-6,9-10H,3-4,7-8,11-15H2,1-2H3,(H,24,31)(H,27,30). The maximum Gasteiger partial charge on any atom is 0.227 e. The Bertz CT molecular complexity index is 1090. The Morgan fingerprint density at radius 2 is 1.88 bits per heavy atom. The van der Waals surface area contributed by atoms with Crippen molar-refractivity contribution in [2.24, 2.45) is 7.05 Å². The topological polar surface area (TPSA) is 115 Å². The summed E-state index contributed by atoms with van der Waals surface area (Å²) in [5.74, 6) is 1.52. The van der Waals surface area contributed by atoms with Crippen molar-refractivity contribution < 1.29 is 14.1 Å². The highest BCUT2D eigenvalue weighted by atomic mass is 16.5. The van der Waals surface area contributed by atoms with Crippen molar-refractivity contribution in [2.75, 3.05) is 0 Å². The predicted octanol–water partition coefficient (Wildman–Crippen LogP) is 2.89. The largest absolute Gasteiger partial charge is 0.349 e. The fourth-order valence-corrected chi connectivity index (χ4v) is 4.46. The first-order valence-corrected chi connectivity index (χ1v) is 11.3. The number of nitrogens with one attached hydrogen (secondary N) is 2. The summed E-state index contributed by atoms with van der Waals surface area (Å²) in [4.78, 5) is 33.3. The van der Waals surface area contributed by atoms with E-state index < -0.39 is 5.54 Å². The molecule has 1 saturated carbocycles. The van der Waals surface area contributed by atoms with E-state index in [2.05, 4.69) is 25.8 Å². The Hall–Kier alpha value is -3.23. The minimum absolute atomic E-state index is 0.0976. The van der Waals surface area contributed by atoms with Gasteiger partial charge in [0.05, 0.1) is 17.6 Å². The van der Waals surface area contributed by atoms with Crippen molar-refractivity contribution in [3.8, 4) is 0 Å². The number of imidazole rings is 1. The average Bonchev–Trinajstić information content (AvgIpc) is 3.30. The molecule has 0 radical (unpaired) electrons. The van der Waals surface area contributed by atoms with Crippen molar-refractivity contribution in [2.45, 2.75) is 70.4 Å². The van der Waals surface area contributed by atoms with Crippen molar-refractivity contribution >= 4 is 22.8 Å². The van der Waals surface area contributed by atoms with Gasteiger partial charge >= 0.3 is 0 Å². The number of fused-ring (bicyclic) bond motifs is 1. The SMILES string of the molecule is CC(=O)NC1(c2noc(CCC(=O)NCc3nc4ccccc4n3C)n2)CCCCCC1. The number of amides is 2. The van der Waals surface area contributed by atoms with Gasteiger partial charge in [0.25, 0.3) is 0 Å². The summed E-state index contributed by atoms with van der Waals surface area (Å²) in [6, 6.07) is 7.87. The molecule has 170 valence electrons. The van der Waals surface area contributed by atoms with Gasteiger partial charge in [0.2, 0.25) is 17.7 Å². The van der Waals surface area contributed by atoms with E-state index in [-0.39, 0.29) is 18.2 Å². The second-order valence-electron chi connectivity index (χ2n) is 8.54. The zero-order chi connectivity index (χ0) is 22.6. The van der Waals surface area contributed by atoms with E-state index in [1.807, 2.05) is 35.9 Å². The van der Waals surface area contributed by atoms with Gasteiger partial charge in [0, 0.05) is 26.8 Å². The number of hydrogen-bond acceptors (Lipinski definition) is 6. The fraction of sp³-hybridized carbons (Fsp3) is 0.522. The number of aryl methyl sites for hydroxylation is 2. The second kappa shape index (κ2) is 9.50. The molecule has 0 aliphatic heterocycles. The van der Waals surface area contributed by atoms with Gasteiger partial charge in [0.15, 0.2) is 5.82 Å². The molecule has 9 nitrogen and oxygen atoms in total. The quantitative estimate of drug-likeness (QED) is 0.548. The molecule has 2 amide bonds. The summed E-state index contributed by atoms with van der Waals surface area (Å²) in [7, 11) is 1.94. The third-order valence-corrected chi connectivity index (χ3v) is 6.16. The summed E-state index contributed by atoms with van der Waals surface area (Å²) in [6.07, 6.45) is 6.46. The van der Waals surface area contributed by atoms with Crippen LogP contribution in [-0.4, -0.2) is 31.5 Å². The van der Waals surface area contributed by atoms with Crippen LogP contribution in [0.5, 0.6) is 0 Å². The Kier molecular flexibility index (Phi) is 6.53. The Labute approximate surface area is 187 Å². The van der Waals surface area contributed by atoms with Crippen LogP contribution >= 0.6 is 0 Å². The second-order valence-corrected chi connectivity index (χ2v) is 8.54. The first kappa shape index (κ1) is 22.0. The number of carbonyl (C=O) groups is 2. The molecule has 0 spiro atoms. The van der Waals surface area contributed by atoms with Crippen molar-refractivity contribution in [1.29, 1.82) is 0 Å². The van der Waals surface area contributed by atoms with Crippen LogP contribution in [0.15, 0.2) is 28.8 Å². The van der Waals surface area contributed by atoms with Gasteiger partial charge in [-0.05, 0) is 25.0 Å². The summed E-state index contributed by atoms with van der Waals surface area (Å²) in [6.45, 7) is 1.87. The van der Waals surface area contributed by atoms with Gasteiger partial charge in [-0.15, -0.1) is 0 Å². The Balaban J connectivity index is 1.35. The molecule has 0 unspecified atom stereocenters. The van der Waals surface area contributed by atoms with E-state index in [0.717, 1.165) is 55.4 Å². The van der Waals surface area contributed by atoms with Crippen LogP contribution < -0.4 is 10.6 Å². The number of aromatic nitrogens is 4. The lowest BCUT2D eigenvalue weighted by Crippen LogP contribution is -2.45. The molecule has 4 rings (SSSR count). The third-order valence-electron chi connectivity index (χ3n) is 6.16. The summed E-state index contributed by atoms with van der Waals surface area (Å²) in [5.41, 5.74) is 1.36. The van der Waals surface area contributed by atoms with Gasteiger partial charge in [-0.2, -0.15) is 4.98 Å². The molecular weight excluding hydrogens is 408 g/mol. The molecule has 32 heavy (non-hydrogen) atoms. The number of para-hydroxylation sites is 2. The minimum atomic E-state index is -0.577. The summed E-state index contributed by atoms with van der Waals surface area (Å²) >= 11 is 0. The van der Waals surface area contributed by atoms with E-state index >= 15 is 0 Å². The van der Waals surface area contributed by atoms with Gasteiger partial charge in [-0.25, -0.2) is 4.98 Å². The van der Waals surface area contributed by atoms with Crippen molar-refractivity contribution in [3.05, 3.63) is 41.8 Å². The monoisotopic (exact) mass is 438 g/mol. The molecule has 3 aromatic rings. The van der Waals surface area contributed by atoms with Crippen LogP contribution in [0.25, 0.3) is 11.0 Å². The van der Waals surface area contributed by atoms with E-state index in [1.54, 1.807) is 0 Å². The van der Waals surface area contributed by atoms with Crippen LogP contribution in [0.2, 0.25) is 0 Å². The van der Waals surface area contributed by atoms with E-state index in [4.69, 9.17) is 4.52 Å². The molecule has 2 aromatic heterocycles. The highest BCUT2D eigenvalue weighted by Crippen LogP contribution is 2.34. The van der Waals surface area contributed by atoms with Gasteiger partial charge in [-0.3, -0.25) is 9.59 Å². The zero-order valence-corrected chi connectivity index (χ0v) is 18.7. The highest BCUT2D eigenvalue weighted by molar-refractivity contribution is 5.77. The molecular formula is C23H30N6O3. The lowest BCUT2D eigenvalue weighted by molar-refractivity contribution is -0.122. The predicted molar refractivity (Wildman–Crippen MR) is 118 cm³/mol. The molecule has 0 atom stereocenters. The molecule has 2 heterocycles. The smallest absolute Gasteiger partial charge is 0.227 e. The van der Waals surface area contributed by atoms with E-state index in [1.165, 1.54) is 6.92 Å². The van der Waals surface area contributed by atoms with Crippen molar-refractivity contribution in [1.82, 2.24) is 30.3 Å².